The van der Waals surface area contributed by atoms with Crippen LogP contribution >= 0.6 is 0 Å². The average Bonchev–Trinajstić information content (AvgIpc) is 3.18. The van der Waals surface area contributed by atoms with Crippen molar-refractivity contribution < 1.29 is 14.6 Å². The number of carbonyl (C=O) groups is 1. The minimum absolute atomic E-state index is 0.178. The molecule has 1 aliphatic carbocycles. The molecule has 0 radical (unpaired) electrons. The zero-order valence-electron chi connectivity index (χ0n) is 13.7. The molecule has 0 spiro atoms. The average molecular weight is 298 g/mol. The van der Waals surface area contributed by atoms with Gasteiger partial charge in [-0.25, -0.2) is 4.79 Å². The molecule has 0 unspecified atom stereocenters. The van der Waals surface area contributed by atoms with Gasteiger partial charge in [-0.2, -0.15) is 0 Å². The first-order valence-electron chi connectivity index (χ1n) is 8.13. The van der Waals surface area contributed by atoms with Crippen LogP contribution in [0.1, 0.15) is 46.5 Å². The van der Waals surface area contributed by atoms with Crippen LogP contribution in [0, 0.1) is 11.3 Å². The summed E-state index contributed by atoms with van der Waals surface area (Å²) in [6.45, 7) is 9.49. The Morgan fingerprint density at radius 2 is 1.95 bits per heavy atom. The quantitative estimate of drug-likeness (QED) is 0.815. The second kappa shape index (κ2) is 6.53. The number of rotatable bonds is 5. The molecule has 2 aliphatic rings. The fourth-order valence-electron chi connectivity index (χ4n) is 2.76. The van der Waals surface area contributed by atoms with E-state index in [1.165, 1.54) is 0 Å². The third-order valence-corrected chi connectivity index (χ3v) is 4.49. The summed E-state index contributed by atoms with van der Waals surface area (Å²) < 4.78 is 5.40. The lowest BCUT2D eigenvalue weighted by Gasteiger charge is -2.33. The van der Waals surface area contributed by atoms with Crippen molar-refractivity contribution in [3.05, 3.63) is 0 Å². The molecule has 1 heterocycles. The molecule has 2 fully saturated rings. The largest absolute Gasteiger partial charge is 0.444 e. The molecule has 2 N–H and O–H groups in total. The van der Waals surface area contributed by atoms with Gasteiger partial charge in [-0.1, -0.05) is 0 Å². The van der Waals surface area contributed by atoms with Crippen molar-refractivity contribution in [1.29, 1.82) is 0 Å². The number of likely N-dealkylation sites (tertiary alicyclic amines) is 1. The smallest absolute Gasteiger partial charge is 0.410 e. The van der Waals surface area contributed by atoms with Crippen LogP contribution in [0.25, 0.3) is 0 Å². The summed E-state index contributed by atoms with van der Waals surface area (Å²) in [5.41, 5.74) is -0.240. The van der Waals surface area contributed by atoms with Crippen molar-refractivity contribution >= 4 is 6.09 Å². The second-order valence-corrected chi connectivity index (χ2v) is 7.70. The summed E-state index contributed by atoms with van der Waals surface area (Å²) in [4.78, 5) is 13.8. The Morgan fingerprint density at radius 3 is 2.43 bits per heavy atom. The molecule has 0 bridgehead atoms. The van der Waals surface area contributed by atoms with E-state index in [1.54, 1.807) is 0 Å². The molecule has 0 atom stereocenters. The summed E-state index contributed by atoms with van der Waals surface area (Å²) in [5, 5.41) is 12.8. The van der Waals surface area contributed by atoms with E-state index in [9.17, 15) is 9.90 Å². The number of aliphatic hydroxyl groups excluding tert-OH is 1. The maximum atomic E-state index is 12.0. The normalized spacial score (nSPS) is 22.2. The number of hydrogen-bond donors (Lipinski definition) is 2. The van der Waals surface area contributed by atoms with Crippen LogP contribution in [0.15, 0.2) is 0 Å². The third kappa shape index (κ3) is 5.15. The minimum atomic E-state index is -0.418. The monoisotopic (exact) mass is 298 g/mol. The maximum absolute atomic E-state index is 12.0. The van der Waals surface area contributed by atoms with Crippen molar-refractivity contribution in [2.45, 2.75) is 52.1 Å². The number of nitrogens with zero attached hydrogens (tertiary/aromatic N) is 1. The first-order valence-corrected chi connectivity index (χ1v) is 8.13. The second-order valence-electron chi connectivity index (χ2n) is 7.70. The van der Waals surface area contributed by atoms with Gasteiger partial charge in [0.05, 0.1) is 0 Å². The van der Waals surface area contributed by atoms with E-state index in [1.807, 2.05) is 25.7 Å². The number of amides is 1. The van der Waals surface area contributed by atoms with Crippen LogP contribution in [0.4, 0.5) is 4.79 Å². The highest BCUT2D eigenvalue weighted by atomic mass is 16.6. The molecular weight excluding hydrogens is 268 g/mol. The van der Waals surface area contributed by atoms with E-state index < -0.39 is 5.60 Å². The number of nitrogens with one attached hydrogen (secondary N) is 1. The summed E-state index contributed by atoms with van der Waals surface area (Å²) in [5.74, 6) is 0.623. The molecular formula is C16H30N2O3. The maximum Gasteiger partial charge on any atom is 0.410 e. The van der Waals surface area contributed by atoms with Gasteiger partial charge in [-0.3, -0.25) is 0 Å². The van der Waals surface area contributed by atoms with Gasteiger partial charge in [0.25, 0.3) is 0 Å². The Bertz CT molecular complexity index is 353. The molecule has 1 saturated carbocycles. The topological polar surface area (TPSA) is 61.8 Å². The van der Waals surface area contributed by atoms with Crippen LogP contribution in [-0.2, 0) is 4.74 Å². The van der Waals surface area contributed by atoms with Gasteiger partial charge in [0, 0.05) is 31.7 Å². The van der Waals surface area contributed by atoms with E-state index in [0.29, 0.717) is 12.5 Å². The lowest BCUT2D eigenvalue weighted by Crippen LogP contribution is -2.43. The molecule has 0 aromatic carbocycles. The molecule has 2 rings (SSSR count). The summed E-state index contributed by atoms with van der Waals surface area (Å²) in [6.07, 6.45) is 4.16. The zero-order chi connectivity index (χ0) is 15.5. The van der Waals surface area contributed by atoms with Gasteiger partial charge < -0.3 is 20.1 Å². The fraction of sp³-hybridized carbons (Fsp3) is 0.938. The summed E-state index contributed by atoms with van der Waals surface area (Å²) in [7, 11) is 0. The molecule has 0 aromatic rings. The van der Waals surface area contributed by atoms with E-state index in [2.05, 4.69) is 5.32 Å². The highest BCUT2D eigenvalue weighted by molar-refractivity contribution is 5.68. The van der Waals surface area contributed by atoms with Crippen molar-refractivity contribution in [3.8, 4) is 0 Å². The number of piperidine rings is 1. The fourth-order valence-corrected chi connectivity index (χ4v) is 2.76. The SMILES string of the molecule is CC(C)(C)OC(=O)N1CCC(CNCC2(CO)CC2)CC1. The Labute approximate surface area is 128 Å². The standard InChI is InChI=1S/C16H30N2O3/c1-15(2,3)21-14(20)18-8-4-13(5-9-18)10-17-11-16(12-19)6-7-16/h13,17,19H,4-12H2,1-3H3. The van der Waals surface area contributed by atoms with Crippen molar-refractivity contribution in [1.82, 2.24) is 10.2 Å². The number of aliphatic hydroxyl groups is 1. The summed E-state index contributed by atoms with van der Waals surface area (Å²) in [6, 6.07) is 0. The number of carbonyl (C=O) groups excluding carboxylic acids is 1. The van der Waals surface area contributed by atoms with Crippen LogP contribution in [0.3, 0.4) is 0 Å². The predicted molar refractivity (Wildman–Crippen MR) is 82.2 cm³/mol. The minimum Gasteiger partial charge on any atom is -0.444 e. The van der Waals surface area contributed by atoms with E-state index >= 15 is 0 Å². The van der Waals surface area contributed by atoms with Gasteiger partial charge >= 0.3 is 6.09 Å². The Hall–Kier alpha value is -0.810. The van der Waals surface area contributed by atoms with Gasteiger partial charge in [-0.05, 0) is 58.9 Å². The van der Waals surface area contributed by atoms with Gasteiger partial charge in [0.15, 0.2) is 0 Å². The van der Waals surface area contributed by atoms with Gasteiger partial charge in [0.2, 0.25) is 0 Å². The molecule has 5 heteroatoms. The van der Waals surface area contributed by atoms with Crippen molar-refractivity contribution in [3.63, 3.8) is 0 Å². The number of ether oxygens (including phenoxy) is 1. The Kier molecular flexibility index (Phi) is 5.15. The highest BCUT2D eigenvalue weighted by Gasteiger charge is 2.41. The Balaban J connectivity index is 1.63. The van der Waals surface area contributed by atoms with E-state index in [0.717, 1.165) is 51.9 Å². The lowest BCUT2D eigenvalue weighted by molar-refractivity contribution is 0.0183. The molecule has 122 valence electrons. The van der Waals surface area contributed by atoms with Crippen molar-refractivity contribution in [2.75, 3.05) is 32.8 Å². The number of hydrogen-bond acceptors (Lipinski definition) is 4. The van der Waals surface area contributed by atoms with Crippen LogP contribution in [-0.4, -0.2) is 54.5 Å². The molecule has 1 saturated heterocycles. The van der Waals surface area contributed by atoms with Crippen LogP contribution in [0.5, 0.6) is 0 Å². The van der Waals surface area contributed by atoms with Crippen LogP contribution in [0.2, 0.25) is 0 Å². The van der Waals surface area contributed by atoms with Crippen molar-refractivity contribution in [2.24, 2.45) is 11.3 Å². The molecule has 5 nitrogen and oxygen atoms in total. The van der Waals surface area contributed by atoms with Gasteiger partial charge in [-0.15, -0.1) is 0 Å². The Morgan fingerprint density at radius 1 is 1.33 bits per heavy atom. The summed E-state index contributed by atoms with van der Waals surface area (Å²) >= 11 is 0. The molecule has 1 aliphatic heterocycles. The lowest BCUT2D eigenvalue weighted by atomic mass is 9.96. The molecule has 21 heavy (non-hydrogen) atoms. The zero-order valence-corrected chi connectivity index (χ0v) is 13.7. The molecule has 0 aromatic heterocycles. The van der Waals surface area contributed by atoms with E-state index in [-0.39, 0.29) is 11.5 Å². The molecule has 1 amide bonds. The van der Waals surface area contributed by atoms with Gasteiger partial charge in [0.1, 0.15) is 5.60 Å². The highest BCUT2D eigenvalue weighted by Crippen LogP contribution is 2.44. The predicted octanol–water partition coefficient (Wildman–Crippen LogP) is 2.00. The van der Waals surface area contributed by atoms with E-state index in [4.69, 9.17) is 4.74 Å². The van der Waals surface area contributed by atoms with Crippen LogP contribution < -0.4 is 5.32 Å². The first-order chi connectivity index (χ1) is 9.84. The first kappa shape index (κ1) is 16.6. The third-order valence-electron chi connectivity index (χ3n) is 4.49.